The molecule has 4 nitrogen and oxygen atoms in total. The molecule has 0 spiro atoms. The number of piperazine rings is 1. The van der Waals surface area contributed by atoms with Gasteiger partial charge in [-0.3, -0.25) is 4.79 Å². The van der Waals surface area contributed by atoms with E-state index in [9.17, 15) is 4.79 Å². The fourth-order valence-electron chi connectivity index (χ4n) is 3.69. The van der Waals surface area contributed by atoms with Crippen LogP contribution in [0.25, 0.3) is 10.9 Å². The zero-order valence-electron chi connectivity index (χ0n) is 14.7. The number of H-pyrrole nitrogens is 1. The molecular formula is C21H23N3O. The molecule has 1 amide bonds. The van der Waals surface area contributed by atoms with Crippen molar-refractivity contribution in [2.45, 2.75) is 13.8 Å². The van der Waals surface area contributed by atoms with E-state index in [0.29, 0.717) is 5.69 Å². The number of amides is 1. The first-order chi connectivity index (χ1) is 12.1. The van der Waals surface area contributed by atoms with Crippen molar-refractivity contribution in [2.24, 2.45) is 0 Å². The highest BCUT2D eigenvalue weighted by Gasteiger charge is 2.23. The van der Waals surface area contributed by atoms with Gasteiger partial charge in [-0.15, -0.1) is 0 Å². The summed E-state index contributed by atoms with van der Waals surface area (Å²) >= 11 is 0. The Kier molecular flexibility index (Phi) is 3.96. The van der Waals surface area contributed by atoms with E-state index in [4.69, 9.17) is 0 Å². The Bertz CT molecular complexity index is 906. The van der Waals surface area contributed by atoms with Gasteiger partial charge < -0.3 is 14.8 Å². The average Bonchev–Trinajstić information content (AvgIpc) is 3.06. The maximum atomic E-state index is 12.9. The molecule has 1 fully saturated rings. The lowest BCUT2D eigenvalue weighted by Gasteiger charge is -2.36. The SMILES string of the molecule is Cc1cc(C)c2cc(C(=O)N3CCN(c4ccccc4)CC3)[nH]c2c1. The van der Waals surface area contributed by atoms with Gasteiger partial charge in [-0.25, -0.2) is 0 Å². The highest BCUT2D eigenvalue weighted by Crippen LogP contribution is 2.23. The lowest BCUT2D eigenvalue weighted by atomic mass is 10.1. The number of hydrogen-bond donors (Lipinski definition) is 1. The number of nitrogens with zero attached hydrogens (tertiary/aromatic N) is 2. The van der Waals surface area contributed by atoms with E-state index in [0.717, 1.165) is 37.1 Å². The Balaban J connectivity index is 1.50. The lowest BCUT2D eigenvalue weighted by Crippen LogP contribution is -2.48. The molecule has 4 rings (SSSR count). The van der Waals surface area contributed by atoms with Crippen LogP contribution in [0.4, 0.5) is 5.69 Å². The predicted octanol–water partition coefficient (Wildman–Crippen LogP) is 3.75. The molecule has 0 bridgehead atoms. The fraction of sp³-hybridized carbons (Fsp3) is 0.286. The number of rotatable bonds is 2. The van der Waals surface area contributed by atoms with Crippen LogP contribution in [-0.2, 0) is 0 Å². The van der Waals surface area contributed by atoms with Gasteiger partial charge >= 0.3 is 0 Å². The second-order valence-corrected chi connectivity index (χ2v) is 6.84. The Morgan fingerprint density at radius 3 is 2.40 bits per heavy atom. The maximum absolute atomic E-state index is 12.9. The third-order valence-corrected chi connectivity index (χ3v) is 5.01. The topological polar surface area (TPSA) is 39.3 Å². The molecule has 1 N–H and O–H groups in total. The highest BCUT2D eigenvalue weighted by atomic mass is 16.2. The summed E-state index contributed by atoms with van der Waals surface area (Å²) < 4.78 is 0. The minimum absolute atomic E-state index is 0.0981. The molecule has 0 atom stereocenters. The molecule has 0 aliphatic carbocycles. The molecule has 3 aromatic rings. The monoisotopic (exact) mass is 333 g/mol. The molecule has 1 aliphatic rings. The van der Waals surface area contributed by atoms with Gasteiger partial charge in [0.1, 0.15) is 5.69 Å². The number of nitrogens with one attached hydrogen (secondary N) is 1. The van der Waals surface area contributed by atoms with Gasteiger partial charge in [-0.2, -0.15) is 0 Å². The van der Waals surface area contributed by atoms with Crippen LogP contribution in [0, 0.1) is 13.8 Å². The van der Waals surface area contributed by atoms with Crippen LogP contribution in [0.5, 0.6) is 0 Å². The van der Waals surface area contributed by atoms with Crippen molar-refractivity contribution in [1.29, 1.82) is 0 Å². The number of hydrogen-bond acceptors (Lipinski definition) is 2. The summed E-state index contributed by atoms with van der Waals surface area (Å²) in [6, 6.07) is 16.7. The number of carbonyl (C=O) groups excluding carboxylic acids is 1. The van der Waals surface area contributed by atoms with Gasteiger partial charge in [-0.05, 0) is 49.2 Å². The standard InChI is InChI=1S/C21H23N3O/c1-15-12-16(2)18-14-20(22-19(18)13-15)21(25)24-10-8-23(9-11-24)17-6-4-3-5-7-17/h3-7,12-14,22H,8-11H2,1-2H3. The number of para-hydroxylation sites is 1. The van der Waals surface area contributed by atoms with Crippen LogP contribution >= 0.6 is 0 Å². The largest absolute Gasteiger partial charge is 0.368 e. The molecule has 1 aliphatic heterocycles. The van der Waals surface area contributed by atoms with E-state index in [2.05, 4.69) is 60.1 Å². The molecule has 0 unspecified atom stereocenters. The summed E-state index contributed by atoms with van der Waals surface area (Å²) in [6.45, 7) is 7.41. The molecule has 25 heavy (non-hydrogen) atoms. The van der Waals surface area contributed by atoms with E-state index in [1.54, 1.807) is 0 Å². The number of fused-ring (bicyclic) bond motifs is 1. The van der Waals surface area contributed by atoms with Gasteiger partial charge in [0.15, 0.2) is 0 Å². The van der Waals surface area contributed by atoms with Crippen LogP contribution in [-0.4, -0.2) is 42.0 Å². The van der Waals surface area contributed by atoms with Crippen molar-refractivity contribution >= 4 is 22.5 Å². The fourth-order valence-corrected chi connectivity index (χ4v) is 3.69. The molecule has 1 aromatic heterocycles. The van der Waals surface area contributed by atoms with Crippen molar-refractivity contribution in [3.05, 3.63) is 65.4 Å². The normalized spacial score (nSPS) is 15.0. The summed E-state index contributed by atoms with van der Waals surface area (Å²) in [5.41, 5.74) is 5.38. The predicted molar refractivity (Wildman–Crippen MR) is 102 cm³/mol. The van der Waals surface area contributed by atoms with E-state index in [1.165, 1.54) is 16.8 Å². The van der Waals surface area contributed by atoms with Crippen molar-refractivity contribution in [3.8, 4) is 0 Å². The quantitative estimate of drug-likeness (QED) is 0.776. The van der Waals surface area contributed by atoms with Gasteiger partial charge in [0, 0.05) is 42.8 Å². The Labute approximate surface area is 148 Å². The van der Waals surface area contributed by atoms with Crippen LogP contribution in [0.2, 0.25) is 0 Å². The summed E-state index contributed by atoms with van der Waals surface area (Å²) in [5.74, 6) is 0.0981. The van der Waals surface area contributed by atoms with Gasteiger partial charge in [0.05, 0.1) is 0 Å². The van der Waals surface area contributed by atoms with Crippen LogP contribution < -0.4 is 4.90 Å². The third kappa shape index (κ3) is 3.00. The second kappa shape index (κ2) is 6.28. The van der Waals surface area contributed by atoms with Crippen LogP contribution in [0.1, 0.15) is 21.6 Å². The number of aromatic amines is 1. The Morgan fingerprint density at radius 2 is 1.68 bits per heavy atom. The smallest absolute Gasteiger partial charge is 0.270 e. The lowest BCUT2D eigenvalue weighted by molar-refractivity contribution is 0.0742. The summed E-state index contributed by atoms with van der Waals surface area (Å²) in [4.78, 5) is 20.5. The molecule has 0 saturated carbocycles. The molecule has 128 valence electrons. The molecule has 2 aromatic carbocycles. The number of carbonyl (C=O) groups is 1. The number of benzene rings is 2. The average molecular weight is 333 g/mol. The molecule has 1 saturated heterocycles. The first-order valence-corrected chi connectivity index (χ1v) is 8.81. The molecule has 0 radical (unpaired) electrons. The van der Waals surface area contributed by atoms with E-state index >= 15 is 0 Å². The van der Waals surface area contributed by atoms with Gasteiger partial charge in [0.2, 0.25) is 0 Å². The summed E-state index contributed by atoms with van der Waals surface area (Å²) in [5, 5.41) is 1.14. The van der Waals surface area contributed by atoms with Crippen LogP contribution in [0.15, 0.2) is 48.5 Å². The first kappa shape index (κ1) is 15.8. The van der Waals surface area contributed by atoms with Crippen molar-refractivity contribution < 1.29 is 4.79 Å². The Hall–Kier alpha value is -2.75. The van der Waals surface area contributed by atoms with Gasteiger partial charge in [-0.1, -0.05) is 24.3 Å². The van der Waals surface area contributed by atoms with Gasteiger partial charge in [0.25, 0.3) is 5.91 Å². The van der Waals surface area contributed by atoms with E-state index in [-0.39, 0.29) is 5.91 Å². The third-order valence-electron chi connectivity index (χ3n) is 5.01. The molecule has 4 heteroatoms. The van der Waals surface area contributed by atoms with Crippen molar-refractivity contribution in [3.63, 3.8) is 0 Å². The van der Waals surface area contributed by atoms with E-state index in [1.807, 2.05) is 17.0 Å². The number of aromatic nitrogens is 1. The Morgan fingerprint density at radius 1 is 0.960 bits per heavy atom. The maximum Gasteiger partial charge on any atom is 0.270 e. The minimum atomic E-state index is 0.0981. The first-order valence-electron chi connectivity index (χ1n) is 8.81. The molecular weight excluding hydrogens is 310 g/mol. The zero-order chi connectivity index (χ0) is 17.4. The zero-order valence-corrected chi connectivity index (χ0v) is 14.7. The second-order valence-electron chi connectivity index (χ2n) is 6.84. The van der Waals surface area contributed by atoms with E-state index < -0.39 is 0 Å². The van der Waals surface area contributed by atoms with Crippen molar-refractivity contribution in [2.75, 3.05) is 31.1 Å². The highest BCUT2D eigenvalue weighted by molar-refractivity contribution is 5.99. The summed E-state index contributed by atoms with van der Waals surface area (Å²) in [7, 11) is 0. The van der Waals surface area contributed by atoms with Crippen LogP contribution in [0.3, 0.4) is 0 Å². The molecule has 2 heterocycles. The minimum Gasteiger partial charge on any atom is -0.368 e. The summed E-state index contributed by atoms with van der Waals surface area (Å²) in [6.07, 6.45) is 0. The number of aryl methyl sites for hydroxylation is 2. The van der Waals surface area contributed by atoms with Crippen molar-refractivity contribution in [1.82, 2.24) is 9.88 Å². The number of anilines is 1.